The van der Waals surface area contributed by atoms with Gasteiger partial charge in [-0.25, -0.2) is 4.79 Å². The van der Waals surface area contributed by atoms with Gasteiger partial charge in [0, 0.05) is 19.6 Å². The molecule has 4 N–H and O–H groups in total. The van der Waals surface area contributed by atoms with Crippen molar-refractivity contribution in [1.82, 2.24) is 5.32 Å². The fraction of sp³-hybridized carbons (Fsp3) is 0.800. The minimum absolute atomic E-state index is 0.0521. The molecule has 0 bridgehead atoms. The van der Waals surface area contributed by atoms with Crippen molar-refractivity contribution in [3.63, 3.8) is 0 Å². The Morgan fingerprint density at radius 2 is 1.92 bits per heavy atom. The number of carboxylic acids is 1. The Balaban J connectivity index is 1.89. The molecule has 2 fully saturated rings. The first kappa shape index (κ1) is 33.4. The summed E-state index contributed by atoms with van der Waals surface area (Å²) in [5, 5.41) is 30.8. The van der Waals surface area contributed by atoms with E-state index in [1.165, 1.54) is 0 Å². The van der Waals surface area contributed by atoms with Crippen molar-refractivity contribution < 1.29 is 39.1 Å². The van der Waals surface area contributed by atoms with Gasteiger partial charge in [0.2, 0.25) is 5.91 Å². The number of aliphatic hydroxyl groups is 2. The molecule has 0 saturated carbocycles. The van der Waals surface area contributed by atoms with Gasteiger partial charge >= 0.3 is 5.97 Å². The zero-order valence-corrected chi connectivity index (χ0v) is 24.8. The van der Waals surface area contributed by atoms with Crippen molar-refractivity contribution in [3.05, 3.63) is 23.8 Å². The van der Waals surface area contributed by atoms with Gasteiger partial charge in [-0.2, -0.15) is 0 Å². The second-order valence-electron chi connectivity index (χ2n) is 11.9. The van der Waals surface area contributed by atoms with Crippen LogP contribution in [0.1, 0.15) is 80.1 Å². The molecule has 1 unspecified atom stereocenters. The smallest absolute Gasteiger partial charge is 0.326 e. The average Bonchev–Trinajstić information content (AvgIpc) is 3.52. The number of nitrogens with one attached hydrogen (secondary N) is 1. The van der Waals surface area contributed by atoms with Gasteiger partial charge in [-0.15, -0.1) is 0 Å². The number of epoxide rings is 1. The van der Waals surface area contributed by atoms with Crippen LogP contribution in [0.4, 0.5) is 0 Å². The van der Waals surface area contributed by atoms with Crippen molar-refractivity contribution in [3.8, 4) is 0 Å². The highest BCUT2D eigenvalue weighted by atomic mass is 16.6. The molecule has 2 heterocycles. The molecule has 2 aliphatic heterocycles. The lowest BCUT2D eigenvalue weighted by Crippen LogP contribution is -2.43. The van der Waals surface area contributed by atoms with Crippen LogP contribution in [-0.2, 0) is 23.8 Å². The molecule has 0 aromatic rings. The van der Waals surface area contributed by atoms with Crippen LogP contribution < -0.4 is 5.32 Å². The van der Waals surface area contributed by atoms with E-state index in [1.807, 2.05) is 6.92 Å². The van der Waals surface area contributed by atoms with Gasteiger partial charge in [-0.05, 0) is 70.3 Å². The summed E-state index contributed by atoms with van der Waals surface area (Å²) in [6.45, 7) is 12.2. The SMILES string of the molecule is CO[C@H]([C@@H](C)[C@H]1OC1(C)C[C@H](C)/C=C/C=C(\C)[C@H]1O[C@@H](CC(=O)N[C@@H](CCCO)C(=O)O)CC[C@@H]1C)[C@@H](C)O. The van der Waals surface area contributed by atoms with Crippen LogP contribution in [-0.4, -0.2) is 83.1 Å². The lowest BCUT2D eigenvalue weighted by molar-refractivity contribution is -0.143. The number of allylic oxidation sites excluding steroid dienone is 3. The minimum atomic E-state index is -1.10. The van der Waals surface area contributed by atoms with Crippen LogP contribution in [0.5, 0.6) is 0 Å². The molecule has 2 saturated heterocycles. The van der Waals surface area contributed by atoms with E-state index in [-0.39, 0.29) is 67.2 Å². The Bertz CT molecular complexity index is 858. The minimum Gasteiger partial charge on any atom is -0.480 e. The van der Waals surface area contributed by atoms with Crippen molar-refractivity contribution in [2.45, 2.75) is 122 Å². The molecule has 2 rings (SSSR count). The number of hydrogen-bond acceptors (Lipinski definition) is 7. The van der Waals surface area contributed by atoms with Crippen LogP contribution in [0.2, 0.25) is 0 Å². The molecule has 9 nitrogen and oxygen atoms in total. The molecule has 0 radical (unpaired) electrons. The molecular weight excluding hydrogens is 502 g/mol. The number of methoxy groups -OCH3 is 1. The van der Waals surface area contributed by atoms with Crippen LogP contribution in [0.3, 0.4) is 0 Å². The molecular formula is C30H51NO8. The van der Waals surface area contributed by atoms with Gasteiger partial charge in [0.25, 0.3) is 0 Å². The quantitative estimate of drug-likeness (QED) is 0.168. The average molecular weight is 554 g/mol. The van der Waals surface area contributed by atoms with Gasteiger partial charge < -0.3 is 34.8 Å². The first-order valence-corrected chi connectivity index (χ1v) is 14.3. The van der Waals surface area contributed by atoms with Gasteiger partial charge in [0.05, 0.1) is 42.5 Å². The number of carbonyl (C=O) groups excluding carboxylic acids is 1. The summed E-state index contributed by atoms with van der Waals surface area (Å²) >= 11 is 0. The van der Waals surface area contributed by atoms with E-state index >= 15 is 0 Å². The number of amides is 1. The number of hydrogen-bond donors (Lipinski definition) is 4. The van der Waals surface area contributed by atoms with Crippen LogP contribution in [0.15, 0.2) is 23.8 Å². The fourth-order valence-electron chi connectivity index (χ4n) is 6.03. The van der Waals surface area contributed by atoms with E-state index in [0.717, 1.165) is 24.8 Å². The number of aliphatic carboxylic acids is 1. The van der Waals surface area contributed by atoms with Crippen LogP contribution in [0, 0.1) is 17.8 Å². The number of carbonyl (C=O) groups is 2. The topological polar surface area (TPSA) is 138 Å². The van der Waals surface area contributed by atoms with Crippen molar-refractivity contribution in [2.75, 3.05) is 13.7 Å². The Morgan fingerprint density at radius 1 is 1.23 bits per heavy atom. The molecule has 0 spiro atoms. The zero-order chi connectivity index (χ0) is 29.3. The third-order valence-corrected chi connectivity index (χ3v) is 8.16. The summed E-state index contributed by atoms with van der Waals surface area (Å²) in [6.07, 6.45) is 8.31. The van der Waals surface area contributed by atoms with E-state index < -0.39 is 18.1 Å². The molecule has 9 heteroatoms. The van der Waals surface area contributed by atoms with E-state index in [2.05, 4.69) is 51.2 Å². The van der Waals surface area contributed by atoms with Crippen molar-refractivity contribution in [1.29, 1.82) is 0 Å². The molecule has 2 aliphatic rings. The summed E-state index contributed by atoms with van der Waals surface area (Å²) in [4.78, 5) is 23.9. The molecule has 0 aromatic heterocycles. The summed E-state index contributed by atoms with van der Waals surface area (Å²) < 4.78 is 17.8. The maximum atomic E-state index is 12.5. The van der Waals surface area contributed by atoms with Gasteiger partial charge in [0.15, 0.2) is 0 Å². The van der Waals surface area contributed by atoms with E-state index in [0.29, 0.717) is 12.3 Å². The number of carboxylic acid groups (broad SMARTS) is 1. The molecule has 39 heavy (non-hydrogen) atoms. The monoisotopic (exact) mass is 553 g/mol. The third-order valence-electron chi connectivity index (χ3n) is 8.16. The lowest BCUT2D eigenvalue weighted by Gasteiger charge is -2.35. The largest absolute Gasteiger partial charge is 0.480 e. The Labute approximate surface area is 234 Å². The Hall–Kier alpha value is -1.78. The van der Waals surface area contributed by atoms with Gasteiger partial charge in [-0.1, -0.05) is 39.0 Å². The second-order valence-corrected chi connectivity index (χ2v) is 11.9. The van der Waals surface area contributed by atoms with E-state index in [4.69, 9.17) is 19.3 Å². The molecule has 224 valence electrons. The van der Waals surface area contributed by atoms with Crippen LogP contribution in [0.25, 0.3) is 0 Å². The number of aliphatic hydroxyl groups excluding tert-OH is 2. The summed E-state index contributed by atoms with van der Waals surface area (Å²) in [5.41, 5.74) is 0.850. The second kappa shape index (κ2) is 15.3. The predicted octanol–water partition coefficient (Wildman–Crippen LogP) is 3.62. The van der Waals surface area contributed by atoms with Crippen molar-refractivity contribution in [2.24, 2.45) is 17.8 Å². The highest BCUT2D eigenvalue weighted by molar-refractivity contribution is 5.83. The van der Waals surface area contributed by atoms with Crippen molar-refractivity contribution >= 4 is 11.9 Å². The third kappa shape index (κ3) is 9.97. The van der Waals surface area contributed by atoms with E-state index in [1.54, 1.807) is 14.0 Å². The van der Waals surface area contributed by atoms with Gasteiger partial charge in [0.1, 0.15) is 6.04 Å². The maximum Gasteiger partial charge on any atom is 0.326 e. The number of rotatable bonds is 16. The summed E-state index contributed by atoms with van der Waals surface area (Å²) in [5.74, 6) is -0.750. The highest BCUT2D eigenvalue weighted by Gasteiger charge is 2.56. The van der Waals surface area contributed by atoms with Crippen LogP contribution >= 0.6 is 0 Å². The summed E-state index contributed by atoms with van der Waals surface area (Å²) in [6, 6.07) is -1.00. The zero-order valence-electron chi connectivity index (χ0n) is 24.8. The Morgan fingerprint density at radius 3 is 2.51 bits per heavy atom. The normalized spacial score (nSPS) is 31.4. The standard InChI is InChI=1S/C30H51NO8/c1-18(17-30(6)28(39-30)21(4)27(37-7)22(5)33)10-8-11-19(2)26-20(3)13-14-23(38-26)16-25(34)31-24(29(35)36)12-9-15-32/h8,10-11,18,20-24,26-28,32-33H,9,12-17H2,1-7H3,(H,31,34)(H,35,36)/b10-8+,19-11+/t18-,20+,21-,22-,23-,24+,26-,27-,28-,30?/m1/s1. The van der Waals surface area contributed by atoms with E-state index in [9.17, 15) is 19.8 Å². The molecule has 0 aromatic carbocycles. The predicted molar refractivity (Wildman–Crippen MR) is 149 cm³/mol. The lowest BCUT2D eigenvalue weighted by atomic mass is 9.85. The molecule has 0 aliphatic carbocycles. The number of ether oxygens (including phenoxy) is 3. The first-order valence-electron chi connectivity index (χ1n) is 14.3. The molecule has 1 amide bonds. The van der Waals surface area contributed by atoms with Gasteiger partial charge in [-0.3, -0.25) is 4.79 Å². The summed E-state index contributed by atoms with van der Waals surface area (Å²) in [7, 11) is 1.62. The maximum absolute atomic E-state index is 12.5. The molecule has 10 atom stereocenters. The Kier molecular flexibility index (Phi) is 13.1. The highest BCUT2D eigenvalue weighted by Crippen LogP contribution is 2.47. The first-order chi connectivity index (χ1) is 18.3. The fourth-order valence-corrected chi connectivity index (χ4v) is 6.03.